The third-order valence-electron chi connectivity index (χ3n) is 4.96. The van der Waals surface area contributed by atoms with E-state index in [1.165, 1.54) is 47.7 Å². The second kappa shape index (κ2) is 9.91. The van der Waals surface area contributed by atoms with Gasteiger partial charge in [0.1, 0.15) is 0 Å². The first-order valence-corrected chi connectivity index (χ1v) is 10.2. The van der Waals surface area contributed by atoms with E-state index >= 15 is 0 Å². The zero-order valence-corrected chi connectivity index (χ0v) is 16.6. The third kappa shape index (κ3) is 5.19. The molecule has 140 valence electrons. The van der Waals surface area contributed by atoms with Crippen LogP contribution in [-0.4, -0.2) is 18.1 Å². The Kier molecular flexibility index (Phi) is 7.04. The average Bonchev–Trinajstić information content (AvgIpc) is 2.73. The molecule has 0 radical (unpaired) electrons. The molecule has 0 spiro atoms. The van der Waals surface area contributed by atoms with Crippen molar-refractivity contribution in [3.05, 3.63) is 72.1 Å². The first-order valence-electron chi connectivity index (χ1n) is 10.2. The highest BCUT2D eigenvalue weighted by atomic mass is 15.1. The van der Waals surface area contributed by atoms with Gasteiger partial charge in [-0.25, -0.2) is 0 Å². The maximum absolute atomic E-state index is 4.54. The van der Waals surface area contributed by atoms with Gasteiger partial charge in [0.2, 0.25) is 0 Å². The number of pyridine rings is 1. The van der Waals surface area contributed by atoms with Crippen LogP contribution in [0.5, 0.6) is 0 Å². The highest BCUT2D eigenvalue weighted by Crippen LogP contribution is 2.20. The van der Waals surface area contributed by atoms with Gasteiger partial charge in [0.25, 0.3) is 0 Å². The Bertz CT molecular complexity index is 852. The molecule has 27 heavy (non-hydrogen) atoms. The fourth-order valence-electron chi connectivity index (χ4n) is 3.32. The normalized spacial score (nSPS) is 11.3. The van der Waals surface area contributed by atoms with E-state index in [0.29, 0.717) is 0 Å². The van der Waals surface area contributed by atoms with Gasteiger partial charge in [-0.2, -0.15) is 0 Å². The Balaban J connectivity index is 1.75. The van der Waals surface area contributed by atoms with Gasteiger partial charge < -0.3 is 4.90 Å². The zero-order chi connectivity index (χ0) is 18.9. The van der Waals surface area contributed by atoms with Crippen LogP contribution in [0.1, 0.15) is 50.8 Å². The number of anilines is 1. The number of hydrogen-bond donors (Lipinski definition) is 0. The molecule has 0 N–H and O–H groups in total. The maximum Gasteiger partial charge on any atom is 0.0708 e. The van der Waals surface area contributed by atoms with Gasteiger partial charge >= 0.3 is 0 Å². The summed E-state index contributed by atoms with van der Waals surface area (Å²) in [6.07, 6.45) is 11.1. The lowest BCUT2D eigenvalue weighted by atomic mass is 10.1. The highest BCUT2D eigenvalue weighted by molar-refractivity contribution is 5.91. The molecule has 0 saturated heterocycles. The summed E-state index contributed by atoms with van der Waals surface area (Å²) in [5.74, 6) is 0. The monoisotopic (exact) mass is 358 g/mol. The van der Waals surface area contributed by atoms with E-state index in [1.807, 2.05) is 6.20 Å². The van der Waals surface area contributed by atoms with E-state index in [0.717, 1.165) is 18.8 Å². The minimum absolute atomic E-state index is 1.02. The number of hydrogen-bond acceptors (Lipinski definition) is 2. The minimum atomic E-state index is 1.02. The summed E-state index contributed by atoms with van der Waals surface area (Å²) >= 11 is 0. The van der Waals surface area contributed by atoms with Crippen molar-refractivity contribution in [2.45, 2.75) is 39.5 Å². The molecule has 2 aromatic carbocycles. The molecule has 1 heterocycles. The van der Waals surface area contributed by atoms with Crippen LogP contribution in [0, 0.1) is 0 Å². The van der Waals surface area contributed by atoms with Gasteiger partial charge in [0.15, 0.2) is 0 Å². The summed E-state index contributed by atoms with van der Waals surface area (Å²) in [7, 11) is 0. The predicted octanol–water partition coefficient (Wildman–Crippen LogP) is 6.81. The van der Waals surface area contributed by atoms with E-state index < -0.39 is 0 Å². The number of benzene rings is 2. The fraction of sp³-hybridized carbons (Fsp3) is 0.320. The van der Waals surface area contributed by atoms with Crippen LogP contribution in [0.4, 0.5) is 5.69 Å². The Morgan fingerprint density at radius 2 is 1.52 bits per heavy atom. The maximum atomic E-state index is 4.54. The molecule has 0 fully saturated rings. The first-order chi connectivity index (χ1) is 13.3. The van der Waals surface area contributed by atoms with Crippen molar-refractivity contribution in [2.75, 3.05) is 18.0 Å². The topological polar surface area (TPSA) is 16.1 Å². The fourth-order valence-corrected chi connectivity index (χ4v) is 3.32. The second-order valence-corrected chi connectivity index (χ2v) is 7.04. The third-order valence-corrected chi connectivity index (χ3v) is 4.96. The van der Waals surface area contributed by atoms with Gasteiger partial charge in [-0.15, -0.1) is 0 Å². The first kappa shape index (κ1) is 19.2. The van der Waals surface area contributed by atoms with Crippen molar-refractivity contribution in [3.8, 4) is 0 Å². The van der Waals surface area contributed by atoms with E-state index in [2.05, 4.69) is 90.5 Å². The van der Waals surface area contributed by atoms with Crippen LogP contribution in [-0.2, 0) is 0 Å². The Labute approximate surface area is 163 Å². The molecule has 0 aliphatic rings. The van der Waals surface area contributed by atoms with Crippen molar-refractivity contribution in [3.63, 3.8) is 0 Å². The van der Waals surface area contributed by atoms with Crippen molar-refractivity contribution in [1.82, 2.24) is 4.98 Å². The van der Waals surface area contributed by atoms with Crippen LogP contribution in [0.2, 0.25) is 0 Å². The Morgan fingerprint density at radius 1 is 0.815 bits per heavy atom. The molecule has 2 nitrogen and oxygen atoms in total. The molecule has 0 bridgehead atoms. The standard InChI is InChI=1S/C25H30N2/c1-3-5-19-27(20-6-4-2)23-14-11-21(12-15-23)13-16-25-24-10-8-7-9-22(24)17-18-26-25/h7-18H,3-6,19-20H2,1-2H3. The molecule has 2 heteroatoms. The second-order valence-electron chi connectivity index (χ2n) is 7.04. The van der Waals surface area contributed by atoms with Crippen LogP contribution >= 0.6 is 0 Å². The molecule has 0 aliphatic heterocycles. The molecule has 0 aliphatic carbocycles. The Morgan fingerprint density at radius 3 is 2.22 bits per heavy atom. The van der Waals surface area contributed by atoms with Gasteiger partial charge in [0.05, 0.1) is 5.69 Å². The van der Waals surface area contributed by atoms with E-state index in [4.69, 9.17) is 0 Å². The largest absolute Gasteiger partial charge is 0.372 e. The lowest BCUT2D eigenvalue weighted by molar-refractivity contribution is 0.678. The highest BCUT2D eigenvalue weighted by Gasteiger charge is 2.05. The van der Waals surface area contributed by atoms with Crippen LogP contribution < -0.4 is 4.90 Å². The summed E-state index contributed by atoms with van der Waals surface area (Å²) in [4.78, 5) is 7.06. The van der Waals surface area contributed by atoms with E-state index in [-0.39, 0.29) is 0 Å². The van der Waals surface area contributed by atoms with Crippen molar-refractivity contribution >= 4 is 28.6 Å². The summed E-state index contributed by atoms with van der Waals surface area (Å²) in [5, 5.41) is 2.42. The molecule has 0 atom stereocenters. The SMILES string of the molecule is CCCCN(CCCC)c1ccc(C=Cc2nccc3ccccc23)cc1. The van der Waals surface area contributed by atoms with Crippen molar-refractivity contribution in [1.29, 1.82) is 0 Å². The lowest BCUT2D eigenvalue weighted by Gasteiger charge is -2.24. The number of aromatic nitrogens is 1. The van der Waals surface area contributed by atoms with Crippen molar-refractivity contribution in [2.24, 2.45) is 0 Å². The number of unbranched alkanes of at least 4 members (excludes halogenated alkanes) is 2. The minimum Gasteiger partial charge on any atom is -0.372 e. The smallest absolute Gasteiger partial charge is 0.0708 e. The summed E-state index contributed by atoms with van der Waals surface area (Å²) in [6, 6.07) is 19.4. The van der Waals surface area contributed by atoms with Crippen molar-refractivity contribution < 1.29 is 0 Å². The van der Waals surface area contributed by atoms with Gasteiger partial charge in [0, 0.05) is 30.4 Å². The van der Waals surface area contributed by atoms with Crippen LogP contribution in [0.15, 0.2) is 60.8 Å². The zero-order valence-electron chi connectivity index (χ0n) is 16.6. The summed E-state index contributed by atoms with van der Waals surface area (Å²) in [5.41, 5.74) is 3.56. The molecular formula is C25H30N2. The van der Waals surface area contributed by atoms with Gasteiger partial charge in [-0.3, -0.25) is 4.98 Å². The van der Waals surface area contributed by atoms with E-state index in [1.54, 1.807) is 0 Å². The molecular weight excluding hydrogens is 328 g/mol. The average molecular weight is 359 g/mol. The molecule has 0 unspecified atom stereocenters. The molecule has 3 rings (SSSR count). The Hall–Kier alpha value is -2.61. The number of nitrogens with zero attached hydrogens (tertiary/aromatic N) is 2. The molecule has 3 aromatic rings. The lowest BCUT2D eigenvalue weighted by Crippen LogP contribution is -2.25. The summed E-state index contributed by atoms with van der Waals surface area (Å²) in [6.45, 7) is 6.80. The van der Waals surface area contributed by atoms with Crippen LogP contribution in [0.3, 0.4) is 0 Å². The number of fused-ring (bicyclic) bond motifs is 1. The predicted molar refractivity (Wildman–Crippen MR) is 119 cm³/mol. The van der Waals surface area contributed by atoms with Gasteiger partial charge in [-0.05, 0) is 48.1 Å². The molecule has 0 saturated carbocycles. The molecule has 1 aromatic heterocycles. The quantitative estimate of drug-likeness (QED) is 0.417. The molecule has 0 amide bonds. The summed E-state index contributed by atoms with van der Waals surface area (Å²) < 4.78 is 0. The number of rotatable bonds is 9. The van der Waals surface area contributed by atoms with Gasteiger partial charge in [-0.1, -0.05) is 69.2 Å². The van der Waals surface area contributed by atoms with E-state index in [9.17, 15) is 0 Å². The van der Waals surface area contributed by atoms with Crippen LogP contribution in [0.25, 0.3) is 22.9 Å².